The first kappa shape index (κ1) is 15.4. The van der Waals surface area contributed by atoms with Crippen LogP contribution in [-0.2, 0) is 19.8 Å². The standard InChI is InChI=1S/C14H16F3N3O/c1-3-18-7-10-4-5-13(12(6-10)14(15,16)17)21-11-8-19-20(2)9-11/h4-6,8-9,18H,3,7H2,1-2H3. The van der Waals surface area contributed by atoms with E-state index in [0.717, 1.165) is 6.07 Å². The van der Waals surface area contributed by atoms with Crippen molar-refractivity contribution in [3.63, 3.8) is 0 Å². The van der Waals surface area contributed by atoms with Crippen molar-refractivity contribution in [1.29, 1.82) is 0 Å². The molecule has 2 rings (SSSR count). The zero-order chi connectivity index (χ0) is 15.5. The number of rotatable bonds is 5. The number of ether oxygens (including phenoxy) is 1. The van der Waals surface area contributed by atoms with Crippen LogP contribution in [0.2, 0.25) is 0 Å². The van der Waals surface area contributed by atoms with E-state index < -0.39 is 11.7 Å². The highest BCUT2D eigenvalue weighted by Crippen LogP contribution is 2.38. The molecular formula is C14H16F3N3O. The summed E-state index contributed by atoms with van der Waals surface area (Å²) in [6.45, 7) is 2.96. The van der Waals surface area contributed by atoms with Crippen molar-refractivity contribution in [2.75, 3.05) is 6.54 Å². The normalized spacial score (nSPS) is 11.7. The highest BCUT2D eigenvalue weighted by Gasteiger charge is 2.35. The molecule has 0 fully saturated rings. The number of benzene rings is 1. The fourth-order valence-electron chi connectivity index (χ4n) is 1.85. The number of hydrogen-bond donors (Lipinski definition) is 1. The highest BCUT2D eigenvalue weighted by atomic mass is 19.4. The molecule has 0 unspecified atom stereocenters. The van der Waals surface area contributed by atoms with Crippen LogP contribution in [0, 0.1) is 0 Å². The fourth-order valence-corrected chi connectivity index (χ4v) is 1.85. The van der Waals surface area contributed by atoms with Gasteiger partial charge in [0.1, 0.15) is 5.75 Å². The Morgan fingerprint density at radius 3 is 2.67 bits per heavy atom. The van der Waals surface area contributed by atoms with Gasteiger partial charge in [-0.3, -0.25) is 4.68 Å². The Morgan fingerprint density at radius 1 is 1.33 bits per heavy atom. The van der Waals surface area contributed by atoms with Crippen LogP contribution >= 0.6 is 0 Å². The molecule has 2 aromatic rings. The van der Waals surface area contributed by atoms with Crippen LogP contribution in [0.3, 0.4) is 0 Å². The molecule has 0 aliphatic rings. The molecule has 7 heteroatoms. The average molecular weight is 299 g/mol. The van der Waals surface area contributed by atoms with Gasteiger partial charge in [-0.05, 0) is 24.2 Å². The SMILES string of the molecule is CCNCc1ccc(Oc2cnn(C)c2)c(C(F)(F)F)c1. The Labute approximate surface area is 120 Å². The van der Waals surface area contributed by atoms with Crippen molar-refractivity contribution in [2.24, 2.45) is 7.05 Å². The Kier molecular flexibility index (Phi) is 4.52. The first-order chi connectivity index (χ1) is 9.90. The van der Waals surface area contributed by atoms with Gasteiger partial charge in [-0.2, -0.15) is 18.3 Å². The van der Waals surface area contributed by atoms with Crippen molar-refractivity contribution >= 4 is 0 Å². The monoisotopic (exact) mass is 299 g/mol. The minimum atomic E-state index is -4.47. The molecule has 0 radical (unpaired) electrons. The van der Waals surface area contributed by atoms with Gasteiger partial charge in [-0.15, -0.1) is 0 Å². The maximum absolute atomic E-state index is 13.1. The lowest BCUT2D eigenvalue weighted by atomic mass is 10.1. The molecule has 0 atom stereocenters. The number of alkyl halides is 3. The van der Waals surface area contributed by atoms with Crippen LogP contribution in [0.1, 0.15) is 18.1 Å². The van der Waals surface area contributed by atoms with Gasteiger partial charge in [0.25, 0.3) is 0 Å². The predicted octanol–water partition coefficient (Wildman–Crippen LogP) is 3.34. The Balaban J connectivity index is 2.31. The largest absolute Gasteiger partial charge is 0.453 e. The van der Waals surface area contributed by atoms with Gasteiger partial charge in [-0.1, -0.05) is 13.0 Å². The van der Waals surface area contributed by atoms with Crippen LogP contribution in [-0.4, -0.2) is 16.3 Å². The number of aromatic nitrogens is 2. The van der Waals surface area contributed by atoms with Gasteiger partial charge in [0.15, 0.2) is 5.75 Å². The third kappa shape index (κ3) is 3.98. The van der Waals surface area contributed by atoms with Gasteiger partial charge in [0.05, 0.1) is 18.0 Å². The molecule has 1 N–H and O–H groups in total. The Morgan fingerprint density at radius 2 is 2.10 bits per heavy atom. The van der Waals surface area contributed by atoms with Crippen LogP contribution in [0.4, 0.5) is 13.2 Å². The summed E-state index contributed by atoms with van der Waals surface area (Å²) in [5, 5.41) is 6.86. The third-order valence-corrected chi connectivity index (χ3v) is 2.84. The first-order valence-corrected chi connectivity index (χ1v) is 6.47. The van der Waals surface area contributed by atoms with Crippen LogP contribution in [0.25, 0.3) is 0 Å². The average Bonchev–Trinajstić information content (AvgIpc) is 2.82. The summed E-state index contributed by atoms with van der Waals surface area (Å²) in [7, 11) is 1.66. The van der Waals surface area contributed by atoms with Gasteiger partial charge in [-0.25, -0.2) is 0 Å². The highest BCUT2D eigenvalue weighted by molar-refractivity contribution is 5.41. The molecule has 0 bridgehead atoms. The van der Waals surface area contributed by atoms with Gasteiger partial charge in [0, 0.05) is 13.6 Å². The number of nitrogens with zero attached hydrogens (tertiary/aromatic N) is 2. The van der Waals surface area contributed by atoms with E-state index in [0.29, 0.717) is 18.7 Å². The van der Waals surface area contributed by atoms with Crippen LogP contribution in [0.5, 0.6) is 11.5 Å². The van der Waals surface area contributed by atoms with Crippen molar-refractivity contribution in [3.8, 4) is 11.5 Å². The fraction of sp³-hybridized carbons (Fsp3) is 0.357. The second-order valence-electron chi connectivity index (χ2n) is 4.56. The minimum Gasteiger partial charge on any atom is -0.453 e. The van der Waals surface area contributed by atoms with E-state index >= 15 is 0 Å². The lowest BCUT2D eigenvalue weighted by Crippen LogP contribution is -2.13. The molecule has 114 valence electrons. The molecule has 0 aliphatic heterocycles. The molecule has 21 heavy (non-hydrogen) atoms. The summed E-state index contributed by atoms with van der Waals surface area (Å²) in [6, 6.07) is 4.06. The number of hydrogen-bond acceptors (Lipinski definition) is 3. The molecule has 0 saturated carbocycles. The lowest BCUT2D eigenvalue weighted by Gasteiger charge is -2.14. The minimum absolute atomic E-state index is 0.226. The summed E-state index contributed by atoms with van der Waals surface area (Å²) in [5.74, 6) is 0.0400. The second-order valence-corrected chi connectivity index (χ2v) is 4.56. The van der Waals surface area contributed by atoms with Gasteiger partial charge >= 0.3 is 6.18 Å². The van der Waals surface area contributed by atoms with Crippen molar-refractivity contribution in [2.45, 2.75) is 19.6 Å². The van der Waals surface area contributed by atoms with E-state index in [9.17, 15) is 13.2 Å². The molecule has 0 amide bonds. The van der Waals surface area contributed by atoms with E-state index in [-0.39, 0.29) is 11.5 Å². The lowest BCUT2D eigenvalue weighted by molar-refractivity contribution is -0.138. The number of aryl methyl sites for hydroxylation is 1. The topological polar surface area (TPSA) is 39.1 Å². The van der Waals surface area contributed by atoms with Crippen molar-refractivity contribution in [1.82, 2.24) is 15.1 Å². The molecule has 0 aliphatic carbocycles. The smallest absolute Gasteiger partial charge is 0.419 e. The predicted molar refractivity (Wildman–Crippen MR) is 72.1 cm³/mol. The Bertz CT molecular complexity index is 608. The van der Waals surface area contributed by atoms with E-state index in [1.807, 2.05) is 6.92 Å². The van der Waals surface area contributed by atoms with E-state index in [1.165, 1.54) is 23.1 Å². The first-order valence-electron chi connectivity index (χ1n) is 6.47. The summed E-state index contributed by atoms with van der Waals surface area (Å²) >= 11 is 0. The molecule has 4 nitrogen and oxygen atoms in total. The molecule has 1 heterocycles. The zero-order valence-corrected chi connectivity index (χ0v) is 11.7. The van der Waals surface area contributed by atoms with Gasteiger partial charge < -0.3 is 10.1 Å². The molecule has 0 spiro atoms. The van der Waals surface area contributed by atoms with Crippen LogP contribution in [0.15, 0.2) is 30.6 Å². The summed E-state index contributed by atoms with van der Waals surface area (Å²) in [6.07, 6.45) is -1.60. The third-order valence-electron chi connectivity index (χ3n) is 2.84. The molecule has 1 aromatic heterocycles. The van der Waals surface area contributed by atoms with Crippen molar-refractivity contribution < 1.29 is 17.9 Å². The molecule has 0 saturated heterocycles. The zero-order valence-electron chi connectivity index (χ0n) is 11.7. The quantitative estimate of drug-likeness (QED) is 0.920. The summed E-state index contributed by atoms with van der Waals surface area (Å²) in [4.78, 5) is 0. The number of nitrogens with one attached hydrogen (secondary N) is 1. The maximum atomic E-state index is 13.1. The van der Waals surface area contributed by atoms with E-state index in [1.54, 1.807) is 13.1 Å². The Hall–Kier alpha value is -2.02. The molecule has 1 aromatic carbocycles. The van der Waals surface area contributed by atoms with E-state index in [4.69, 9.17) is 4.74 Å². The van der Waals surface area contributed by atoms with Crippen molar-refractivity contribution in [3.05, 3.63) is 41.7 Å². The van der Waals surface area contributed by atoms with Gasteiger partial charge in [0.2, 0.25) is 0 Å². The summed E-state index contributed by atoms with van der Waals surface area (Å²) in [5.41, 5.74) is -0.232. The maximum Gasteiger partial charge on any atom is 0.419 e. The van der Waals surface area contributed by atoms with E-state index in [2.05, 4.69) is 10.4 Å². The second kappa shape index (κ2) is 6.17. The van der Waals surface area contributed by atoms with Crippen LogP contribution < -0.4 is 10.1 Å². The summed E-state index contributed by atoms with van der Waals surface area (Å²) < 4.78 is 46.2. The number of halogens is 3. The molecular weight excluding hydrogens is 283 g/mol.